The van der Waals surface area contributed by atoms with Crippen LogP contribution in [0.15, 0.2) is 255 Å². The summed E-state index contributed by atoms with van der Waals surface area (Å²) in [6.07, 6.45) is 0. The standard InChI is InChI=1S/C74H60N2/c1-49-17-31-61(32-18-49)75(63-35-23-57(24-36-63)55-13-9-7-10-14-55)65-39-27-59(28-40-65)69-47-53(5)73(67-43-21-51(3)45-71(67)69)74-54(6)48-70(72-46-52(4)22-44-68(72)74)60-29-41-66(42-30-60)76(62-33-19-50(2)20-34-62)64-37-25-58(26-38-64)56-15-11-8-12-16-56/h7-48H,1-6H3. The number of anilines is 6. The predicted molar refractivity (Wildman–Crippen MR) is 326 cm³/mol. The van der Waals surface area contributed by atoms with Gasteiger partial charge in [-0.3, -0.25) is 0 Å². The van der Waals surface area contributed by atoms with E-state index < -0.39 is 0 Å². The van der Waals surface area contributed by atoms with E-state index in [1.54, 1.807) is 0 Å². The van der Waals surface area contributed by atoms with Gasteiger partial charge in [-0.1, -0.05) is 204 Å². The van der Waals surface area contributed by atoms with E-state index in [-0.39, 0.29) is 0 Å². The number of rotatable bonds is 11. The minimum atomic E-state index is 1.11. The van der Waals surface area contributed by atoms with Crippen molar-refractivity contribution in [2.75, 3.05) is 9.80 Å². The van der Waals surface area contributed by atoms with E-state index in [1.807, 2.05) is 0 Å². The third-order valence-electron chi connectivity index (χ3n) is 15.2. The van der Waals surface area contributed by atoms with Crippen molar-refractivity contribution < 1.29 is 0 Å². The highest BCUT2D eigenvalue weighted by Gasteiger charge is 2.21. The zero-order chi connectivity index (χ0) is 51.9. The molecule has 0 aliphatic carbocycles. The predicted octanol–water partition coefficient (Wildman–Crippen LogP) is 21.1. The fourth-order valence-electron chi connectivity index (χ4n) is 11.2. The molecule has 0 saturated heterocycles. The first-order valence-electron chi connectivity index (χ1n) is 26.5. The van der Waals surface area contributed by atoms with Gasteiger partial charge >= 0.3 is 0 Å². The van der Waals surface area contributed by atoms with Gasteiger partial charge in [0, 0.05) is 34.1 Å². The lowest BCUT2D eigenvalue weighted by atomic mass is 9.82. The molecule has 0 fully saturated rings. The van der Waals surface area contributed by atoms with E-state index in [1.165, 1.54) is 111 Å². The molecule has 0 aromatic heterocycles. The van der Waals surface area contributed by atoms with Crippen LogP contribution in [0.2, 0.25) is 0 Å². The normalized spacial score (nSPS) is 11.3. The van der Waals surface area contributed by atoms with Gasteiger partial charge in [-0.2, -0.15) is 0 Å². The second-order valence-corrected chi connectivity index (χ2v) is 20.6. The molecule has 0 aliphatic heterocycles. The Labute approximate surface area is 448 Å². The summed E-state index contributed by atoms with van der Waals surface area (Å²) >= 11 is 0. The Hall–Kier alpha value is -9.24. The molecule has 0 spiro atoms. The molecule has 12 rings (SSSR count). The van der Waals surface area contributed by atoms with Crippen LogP contribution >= 0.6 is 0 Å². The summed E-state index contributed by atoms with van der Waals surface area (Å²) in [6, 6.07) is 93.8. The molecule has 0 aliphatic rings. The first-order chi connectivity index (χ1) is 37.1. The van der Waals surface area contributed by atoms with Gasteiger partial charge < -0.3 is 9.80 Å². The zero-order valence-corrected chi connectivity index (χ0v) is 44.1. The zero-order valence-electron chi connectivity index (χ0n) is 44.1. The maximum atomic E-state index is 2.42. The van der Waals surface area contributed by atoms with Crippen molar-refractivity contribution in [1.82, 2.24) is 0 Å². The highest BCUT2D eigenvalue weighted by molar-refractivity contribution is 6.14. The Balaban J connectivity index is 0.915. The molecule has 2 nitrogen and oxygen atoms in total. The van der Waals surface area contributed by atoms with Crippen molar-refractivity contribution in [3.05, 3.63) is 288 Å². The van der Waals surface area contributed by atoms with Crippen LogP contribution in [0.25, 0.3) is 77.2 Å². The quantitative estimate of drug-likeness (QED) is 0.127. The number of aryl methyl sites for hydroxylation is 6. The minimum absolute atomic E-state index is 1.11. The van der Waals surface area contributed by atoms with Gasteiger partial charge in [-0.15, -0.1) is 0 Å². The van der Waals surface area contributed by atoms with E-state index in [2.05, 4.69) is 306 Å². The van der Waals surface area contributed by atoms with E-state index in [9.17, 15) is 0 Å². The molecule has 366 valence electrons. The van der Waals surface area contributed by atoms with E-state index in [4.69, 9.17) is 0 Å². The average molecular weight is 977 g/mol. The molecule has 2 heteroatoms. The Kier molecular flexibility index (Phi) is 12.7. The summed E-state index contributed by atoms with van der Waals surface area (Å²) in [5.41, 5.74) is 26.4. The van der Waals surface area contributed by atoms with Crippen LogP contribution in [-0.2, 0) is 0 Å². The summed E-state index contributed by atoms with van der Waals surface area (Å²) in [6.45, 7) is 13.3. The topological polar surface area (TPSA) is 6.48 Å². The SMILES string of the molecule is Cc1ccc(N(c2ccc(-c3ccccc3)cc2)c2ccc(-c3cc(C)c(-c4c(C)cc(-c5ccc(N(c6ccc(C)cc6)c6ccc(-c7ccccc7)cc6)cc5)c5cc(C)ccc45)c4ccc(C)cc34)cc2)cc1. The number of nitrogens with zero attached hydrogens (tertiary/aromatic N) is 2. The van der Waals surface area contributed by atoms with Crippen LogP contribution in [-0.4, -0.2) is 0 Å². The highest BCUT2D eigenvalue weighted by Crippen LogP contribution is 2.47. The van der Waals surface area contributed by atoms with E-state index in [0.717, 1.165) is 34.1 Å². The van der Waals surface area contributed by atoms with Crippen LogP contribution in [0.3, 0.4) is 0 Å². The van der Waals surface area contributed by atoms with Crippen molar-refractivity contribution in [3.63, 3.8) is 0 Å². The number of hydrogen-bond acceptors (Lipinski definition) is 2. The molecule has 0 unspecified atom stereocenters. The summed E-state index contributed by atoms with van der Waals surface area (Å²) in [5.74, 6) is 0. The van der Waals surface area contributed by atoms with E-state index in [0.29, 0.717) is 0 Å². The van der Waals surface area contributed by atoms with Crippen molar-refractivity contribution in [2.45, 2.75) is 41.5 Å². The smallest absolute Gasteiger partial charge is 0.0462 e. The van der Waals surface area contributed by atoms with Crippen LogP contribution in [0.1, 0.15) is 33.4 Å². The Morgan fingerprint density at radius 2 is 0.474 bits per heavy atom. The second kappa shape index (κ2) is 20.2. The number of hydrogen-bond donors (Lipinski definition) is 0. The maximum Gasteiger partial charge on any atom is 0.0462 e. The van der Waals surface area contributed by atoms with Gasteiger partial charge in [0.2, 0.25) is 0 Å². The Morgan fingerprint density at radius 3 is 0.789 bits per heavy atom. The fraction of sp³-hybridized carbons (Fsp3) is 0.0811. The number of benzene rings is 12. The summed E-state index contributed by atoms with van der Waals surface area (Å²) < 4.78 is 0. The molecule has 0 amide bonds. The molecule has 12 aromatic rings. The monoisotopic (exact) mass is 976 g/mol. The van der Waals surface area contributed by atoms with Gasteiger partial charge in [-0.25, -0.2) is 0 Å². The molecule has 0 atom stereocenters. The van der Waals surface area contributed by atoms with Gasteiger partial charge in [0.25, 0.3) is 0 Å². The van der Waals surface area contributed by atoms with Crippen LogP contribution in [0.4, 0.5) is 34.1 Å². The third-order valence-corrected chi connectivity index (χ3v) is 15.2. The van der Waals surface area contributed by atoms with Gasteiger partial charge in [0.1, 0.15) is 0 Å². The first kappa shape index (κ1) is 47.7. The summed E-state index contributed by atoms with van der Waals surface area (Å²) in [5, 5.41) is 5.04. The van der Waals surface area contributed by atoms with Crippen molar-refractivity contribution in [1.29, 1.82) is 0 Å². The summed E-state index contributed by atoms with van der Waals surface area (Å²) in [4.78, 5) is 4.71. The largest absolute Gasteiger partial charge is 0.311 e. The summed E-state index contributed by atoms with van der Waals surface area (Å²) in [7, 11) is 0. The first-order valence-corrected chi connectivity index (χ1v) is 26.5. The lowest BCUT2D eigenvalue weighted by Gasteiger charge is -2.26. The van der Waals surface area contributed by atoms with Crippen LogP contribution in [0.5, 0.6) is 0 Å². The minimum Gasteiger partial charge on any atom is -0.311 e. The molecule has 0 saturated carbocycles. The molecule has 0 radical (unpaired) electrons. The fourth-order valence-corrected chi connectivity index (χ4v) is 11.2. The van der Waals surface area contributed by atoms with Crippen LogP contribution in [0, 0.1) is 41.5 Å². The lowest BCUT2D eigenvalue weighted by molar-refractivity contribution is 1.27. The molecular weight excluding hydrogens is 917 g/mol. The highest BCUT2D eigenvalue weighted by atomic mass is 15.1. The Bertz CT molecular complexity index is 3760. The maximum absolute atomic E-state index is 2.42. The van der Waals surface area contributed by atoms with Crippen molar-refractivity contribution in [3.8, 4) is 55.6 Å². The average Bonchev–Trinajstić information content (AvgIpc) is 3.46. The molecule has 0 heterocycles. The van der Waals surface area contributed by atoms with Crippen LogP contribution < -0.4 is 9.80 Å². The van der Waals surface area contributed by atoms with Crippen molar-refractivity contribution >= 4 is 55.7 Å². The van der Waals surface area contributed by atoms with E-state index >= 15 is 0 Å². The molecular formula is C74H60N2. The molecule has 12 aromatic carbocycles. The number of fused-ring (bicyclic) bond motifs is 2. The molecule has 76 heavy (non-hydrogen) atoms. The second-order valence-electron chi connectivity index (χ2n) is 20.6. The molecule has 0 N–H and O–H groups in total. The van der Waals surface area contributed by atoms with Gasteiger partial charge in [0.05, 0.1) is 0 Å². The lowest BCUT2D eigenvalue weighted by Crippen LogP contribution is -2.09. The van der Waals surface area contributed by atoms with Gasteiger partial charge in [0.15, 0.2) is 0 Å². The van der Waals surface area contributed by atoms with Crippen molar-refractivity contribution in [2.24, 2.45) is 0 Å². The van der Waals surface area contributed by atoms with Gasteiger partial charge in [-0.05, 0) is 203 Å². The Morgan fingerprint density at radius 1 is 0.211 bits per heavy atom. The third kappa shape index (κ3) is 9.24. The molecule has 0 bridgehead atoms.